The van der Waals surface area contributed by atoms with Crippen molar-refractivity contribution in [3.05, 3.63) is 76.7 Å². The average molecular weight is 515 g/mol. The highest BCUT2D eigenvalue weighted by Gasteiger charge is 2.19. The van der Waals surface area contributed by atoms with E-state index in [-0.39, 0.29) is 5.97 Å². The van der Waals surface area contributed by atoms with Gasteiger partial charge in [0.15, 0.2) is 0 Å². The van der Waals surface area contributed by atoms with Crippen molar-refractivity contribution in [3.63, 3.8) is 0 Å². The Labute approximate surface area is 222 Å². The number of carbonyl (C=O) groups is 2. The zero-order valence-electron chi connectivity index (χ0n) is 21.7. The van der Waals surface area contributed by atoms with E-state index < -0.39 is 0 Å². The SMILES string of the molecule is Cc1csc(-c2c(C)c3cc(OC(=O)c4ccccc4)ccc3n2CCCCCC(=O)N2CCCC2)c1. The second-order valence-electron chi connectivity index (χ2n) is 9.95. The van der Waals surface area contributed by atoms with Crippen LogP contribution in [0.3, 0.4) is 0 Å². The largest absolute Gasteiger partial charge is 0.423 e. The van der Waals surface area contributed by atoms with Gasteiger partial charge in [-0.2, -0.15) is 0 Å². The molecule has 2 aromatic heterocycles. The number of thiophene rings is 1. The van der Waals surface area contributed by atoms with Crippen molar-refractivity contribution < 1.29 is 14.3 Å². The van der Waals surface area contributed by atoms with E-state index in [1.807, 2.05) is 35.2 Å². The molecule has 0 saturated carbocycles. The smallest absolute Gasteiger partial charge is 0.343 e. The topological polar surface area (TPSA) is 51.5 Å². The molecule has 2 aromatic carbocycles. The second kappa shape index (κ2) is 11.3. The van der Waals surface area contributed by atoms with Gasteiger partial charge in [0.05, 0.1) is 16.1 Å². The molecule has 0 atom stereocenters. The average Bonchev–Trinajstić information content (AvgIpc) is 3.65. The third kappa shape index (κ3) is 5.64. The monoisotopic (exact) mass is 514 g/mol. The summed E-state index contributed by atoms with van der Waals surface area (Å²) < 4.78 is 8.12. The van der Waals surface area contributed by atoms with Crippen molar-refractivity contribution in [3.8, 4) is 16.3 Å². The van der Waals surface area contributed by atoms with E-state index in [0.29, 0.717) is 23.6 Å². The molecule has 1 amide bonds. The molecule has 5 nitrogen and oxygen atoms in total. The first-order chi connectivity index (χ1) is 18.0. The van der Waals surface area contributed by atoms with Crippen molar-refractivity contribution in [1.29, 1.82) is 0 Å². The molecule has 192 valence electrons. The van der Waals surface area contributed by atoms with Crippen LogP contribution in [0.15, 0.2) is 60.0 Å². The lowest BCUT2D eigenvalue weighted by Crippen LogP contribution is -2.27. The number of unbranched alkanes of at least 4 members (excludes halogenated alkanes) is 2. The Hall–Kier alpha value is -3.38. The molecule has 0 radical (unpaired) electrons. The van der Waals surface area contributed by atoms with Gasteiger partial charge in [-0.1, -0.05) is 24.6 Å². The number of amides is 1. The molecule has 37 heavy (non-hydrogen) atoms. The Balaban J connectivity index is 1.34. The lowest BCUT2D eigenvalue weighted by molar-refractivity contribution is -0.130. The van der Waals surface area contributed by atoms with Crippen molar-refractivity contribution in [2.45, 2.75) is 58.9 Å². The summed E-state index contributed by atoms with van der Waals surface area (Å²) in [6, 6.07) is 17.3. The molecule has 6 heteroatoms. The number of hydrogen-bond donors (Lipinski definition) is 0. The standard InChI is InChI=1S/C31H34N2O3S/c1-22-19-28(37-21-22)30-23(2)26-20-25(36-31(35)24-11-5-3-6-12-24)14-15-27(26)33(30)18-8-4-7-13-29(34)32-16-9-10-17-32/h3,5-6,11-12,14-15,19-21H,4,7-10,13,16-18H2,1-2H3. The van der Waals surface area contributed by atoms with E-state index in [4.69, 9.17) is 4.74 Å². The van der Waals surface area contributed by atoms with Crippen LogP contribution in [0.4, 0.5) is 0 Å². The maximum atomic E-state index is 12.6. The van der Waals surface area contributed by atoms with E-state index in [1.54, 1.807) is 23.5 Å². The zero-order chi connectivity index (χ0) is 25.8. The Morgan fingerprint density at radius 2 is 1.73 bits per heavy atom. The number of aromatic nitrogens is 1. The fourth-order valence-electron chi connectivity index (χ4n) is 5.26. The number of nitrogens with zero attached hydrogens (tertiary/aromatic N) is 2. The quantitative estimate of drug-likeness (QED) is 0.133. The molecular weight excluding hydrogens is 480 g/mol. The summed E-state index contributed by atoms with van der Waals surface area (Å²) in [4.78, 5) is 28.3. The van der Waals surface area contributed by atoms with Crippen LogP contribution < -0.4 is 4.74 Å². The Kier molecular flexibility index (Phi) is 7.75. The van der Waals surface area contributed by atoms with Crippen molar-refractivity contribution in [1.82, 2.24) is 9.47 Å². The van der Waals surface area contributed by atoms with Gasteiger partial charge in [-0.3, -0.25) is 4.79 Å². The third-order valence-electron chi connectivity index (χ3n) is 7.20. The van der Waals surface area contributed by atoms with Crippen LogP contribution in [0, 0.1) is 13.8 Å². The normalized spacial score (nSPS) is 13.4. The summed E-state index contributed by atoms with van der Waals surface area (Å²) >= 11 is 1.76. The molecule has 0 spiro atoms. The summed E-state index contributed by atoms with van der Waals surface area (Å²) in [7, 11) is 0. The molecule has 5 rings (SSSR count). The Bertz CT molecular complexity index is 1400. The van der Waals surface area contributed by atoms with Crippen molar-refractivity contribution in [2.24, 2.45) is 0 Å². The summed E-state index contributed by atoms with van der Waals surface area (Å²) in [5.74, 6) is 0.512. The first kappa shape index (κ1) is 25.3. The fraction of sp³-hybridized carbons (Fsp3) is 0.355. The highest BCUT2D eigenvalue weighted by molar-refractivity contribution is 7.13. The van der Waals surface area contributed by atoms with E-state index in [2.05, 4.69) is 35.9 Å². The molecule has 3 heterocycles. The molecular formula is C31H34N2O3S. The highest BCUT2D eigenvalue weighted by Crippen LogP contribution is 2.38. The number of hydrogen-bond acceptors (Lipinski definition) is 4. The minimum atomic E-state index is -0.352. The maximum absolute atomic E-state index is 12.6. The van der Waals surface area contributed by atoms with Crippen molar-refractivity contribution >= 4 is 34.1 Å². The van der Waals surface area contributed by atoms with Gasteiger partial charge in [0.1, 0.15) is 5.75 Å². The van der Waals surface area contributed by atoms with Gasteiger partial charge in [0.2, 0.25) is 5.91 Å². The van der Waals surface area contributed by atoms with Crippen LogP contribution in [0.25, 0.3) is 21.5 Å². The van der Waals surface area contributed by atoms with Gasteiger partial charge in [0, 0.05) is 37.0 Å². The first-order valence-corrected chi connectivity index (χ1v) is 14.1. The lowest BCUT2D eigenvalue weighted by Gasteiger charge is -2.15. The molecule has 1 fully saturated rings. The maximum Gasteiger partial charge on any atom is 0.343 e. The number of likely N-dealkylation sites (tertiary alicyclic amines) is 1. The number of rotatable bonds is 9. The minimum absolute atomic E-state index is 0.312. The van der Waals surface area contributed by atoms with Crippen LogP contribution in [0.2, 0.25) is 0 Å². The van der Waals surface area contributed by atoms with Crippen LogP contribution >= 0.6 is 11.3 Å². The first-order valence-electron chi connectivity index (χ1n) is 13.2. The summed E-state index contributed by atoms with van der Waals surface area (Å²) in [5.41, 5.74) is 5.36. The second-order valence-corrected chi connectivity index (χ2v) is 10.9. The highest BCUT2D eigenvalue weighted by atomic mass is 32.1. The number of esters is 1. The molecule has 4 aromatic rings. The molecule has 0 N–H and O–H groups in total. The summed E-state index contributed by atoms with van der Waals surface area (Å²) in [5, 5.41) is 3.29. The molecule has 0 unspecified atom stereocenters. The van der Waals surface area contributed by atoms with E-state index in [0.717, 1.165) is 62.6 Å². The van der Waals surface area contributed by atoms with Crippen LogP contribution in [-0.2, 0) is 11.3 Å². The van der Waals surface area contributed by atoms with Gasteiger partial charge in [-0.15, -0.1) is 11.3 Å². The van der Waals surface area contributed by atoms with Gasteiger partial charge >= 0.3 is 5.97 Å². The summed E-state index contributed by atoms with van der Waals surface area (Å²) in [6.45, 7) is 7.03. The Morgan fingerprint density at radius 3 is 2.46 bits per heavy atom. The molecule has 0 aliphatic carbocycles. The van der Waals surface area contributed by atoms with Crippen LogP contribution in [-0.4, -0.2) is 34.4 Å². The van der Waals surface area contributed by atoms with Crippen molar-refractivity contribution in [2.75, 3.05) is 13.1 Å². The lowest BCUT2D eigenvalue weighted by atomic mass is 10.1. The number of carbonyl (C=O) groups excluding carboxylic acids is 2. The minimum Gasteiger partial charge on any atom is -0.423 e. The molecule has 1 aliphatic heterocycles. The zero-order valence-corrected chi connectivity index (χ0v) is 22.5. The number of fused-ring (bicyclic) bond motifs is 1. The number of aryl methyl sites for hydroxylation is 3. The number of ether oxygens (including phenoxy) is 1. The van der Waals surface area contributed by atoms with Crippen LogP contribution in [0.5, 0.6) is 5.75 Å². The third-order valence-corrected chi connectivity index (χ3v) is 8.26. The predicted octanol–water partition coefficient (Wildman–Crippen LogP) is 7.39. The fourth-order valence-corrected chi connectivity index (χ4v) is 6.27. The van der Waals surface area contributed by atoms with E-state index in [1.165, 1.54) is 21.7 Å². The van der Waals surface area contributed by atoms with Gasteiger partial charge in [0.25, 0.3) is 0 Å². The summed E-state index contributed by atoms with van der Waals surface area (Å²) in [6.07, 6.45) is 5.90. The Morgan fingerprint density at radius 1 is 0.946 bits per heavy atom. The van der Waals surface area contributed by atoms with Crippen LogP contribution in [0.1, 0.15) is 60.0 Å². The predicted molar refractivity (Wildman–Crippen MR) is 150 cm³/mol. The van der Waals surface area contributed by atoms with E-state index >= 15 is 0 Å². The molecule has 1 saturated heterocycles. The molecule has 0 bridgehead atoms. The number of benzene rings is 2. The van der Waals surface area contributed by atoms with Gasteiger partial charge < -0.3 is 14.2 Å². The van der Waals surface area contributed by atoms with E-state index in [9.17, 15) is 9.59 Å². The van der Waals surface area contributed by atoms with Gasteiger partial charge in [-0.25, -0.2) is 4.79 Å². The van der Waals surface area contributed by atoms with Gasteiger partial charge in [-0.05, 0) is 92.4 Å². The molecule has 1 aliphatic rings.